The molecule has 470 valence electrons. The van der Waals surface area contributed by atoms with Crippen LogP contribution in [0.2, 0.25) is 0 Å². The van der Waals surface area contributed by atoms with Crippen LogP contribution in [0.1, 0.15) is 124 Å². The van der Waals surface area contributed by atoms with Crippen LogP contribution in [0.3, 0.4) is 0 Å². The van der Waals surface area contributed by atoms with E-state index in [1.54, 1.807) is 98.1 Å². The van der Waals surface area contributed by atoms with E-state index in [9.17, 15) is 78.7 Å². The molecule has 0 aliphatic rings. The summed E-state index contributed by atoms with van der Waals surface area (Å²) in [5, 5.41) is 123. The SMILES string of the molecule is C\C(=C/C=C/C=C/CC/C=C/C(C)C(O)C(C)C(O)/C=C/C=C/C=C/C=C/C=C/C=C/CCC(OS(=O)(=O)O)C(C)C(=O)CC(O)CC(O)/C=C/CC(O)CC(O)/C=C/CC(O)CC(O)CC(O)/C=C/CC(O)CC(O)CCCN)C(=O)O. The van der Waals surface area contributed by atoms with Gasteiger partial charge in [-0.05, 0) is 84.1 Å². The molecule has 0 saturated carbocycles. The summed E-state index contributed by atoms with van der Waals surface area (Å²) in [5.74, 6) is -3.16. The highest BCUT2D eigenvalue weighted by molar-refractivity contribution is 7.80. The number of aliphatic hydroxyl groups excluding tert-OH is 11. The van der Waals surface area contributed by atoms with Crippen LogP contribution in [0.4, 0.5) is 0 Å². The number of aliphatic carboxylic acids is 1. The van der Waals surface area contributed by atoms with Crippen molar-refractivity contribution in [1.29, 1.82) is 0 Å². The molecule has 19 nitrogen and oxygen atoms in total. The van der Waals surface area contributed by atoms with E-state index in [0.29, 0.717) is 19.4 Å². The monoisotopic (exact) mass is 1190 g/mol. The van der Waals surface area contributed by atoms with Crippen molar-refractivity contribution in [3.05, 3.63) is 157 Å². The van der Waals surface area contributed by atoms with Crippen LogP contribution in [0.5, 0.6) is 0 Å². The van der Waals surface area contributed by atoms with E-state index in [2.05, 4.69) is 0 Å². The first-order valence-electron chi connectivity index (χ1n) is 28.5. The molecule has 15 unspecified atom stereocenters. The minimum absolute atomic E-state index is 0.0311. The maximum Gasteiger partial charge on any atom is 0.397 e. The second-order valence-corrected chi connectivity index (χ2v) is 21.9. The molecule has 15 atom stereocenters. The van der Waals surface area contributed by atoms with Crippen LogP contribution in [0, 0.1) is 17.8 Å². The molecule has 0 heterocycles. The molecule has 0 aromatic rings. The van der Waals surface area contributed by atoms with E-state index in [-0.39, 0.29) is 75.7 Å². The number of allylic oxidation sites excluding steroid dienone is 17. The topological polar surface area (TPSA) is 367 Å². The third kappa shape index (κ3) is 44.3. The van der Waals surface area contributed by atoms with Gasteiger partial charge in [-0.1, -0.05) is 173 Å². The highest BCUT2D eigenvalue weighted by Crippen LogP contribution is 2.22. The van der Waals surface area contributed by atoms with Crippen molar-refractivity contribution in [3.8, 4) is 0 Å². The lowest BCUT2D eigenvalue weighted by Crippen LogP contribution is -2.33. The third-order valence-corrected chi connectivity index (χ3v) is 13.6. The lowest BCUT2D eigenvalue weighted by Gasteiger charge is -2.25. The zero-order valence-electron chi connectivity index (χ0n) is 48.7. The molecule has 0 bridgehead atoms. The lowest BCUT2D eigenvalue weighted by atomic mass is 9.88. The van der Waals surface area contributed by atoms with Crippen LogP contribution in [0.15, 0.2) is 157 Å². The predicted molar refractivity (Wildman–Crippen MR) is 324 cm³/mol. The summed E-state index contributed by atoms with van der Waals surface area (Å²) < 4.78 is 37.5. The Kier molecular flexibility index (Phi) is 44.6. The molecule has 0 aliphatic heterocycles. The lowest BCUT2D eigenvalue weighted by molar-refractivity contribution is -0.132. The number of carboxylic acid groups (broad SMARTS) is 1. The summed E-state index contributed by atoms with van der Waals surface area (Å²) in [6, 6.07) is 0. The van der Waals surface area contributed by atoms with Gasteiger partial charge >= 0.3 is 16.4 Å². The van der Waals surface area contributed by atoms with Gasteiger partial charge in [0.2, 0.25) is 0 Å². The Morgan fingerprint density at radius 2 is 0.952 bits per heavy atom. The Balaban J connectivity index is 4.76. The van der Waals surface area contributed by atoms with Gasteiger partial charge in [0.15, 0.2) is 0 Å². The molecule has 0 fully saturated rings. The largest absolute Gasteiger partial charge is 0.478 e. The Hall–Kier alpha value is -4.85. The van der Waals surface area contributed by atoms with Gasteiger partial charge in [-0.15, -0.1) is 0 Å². The molecule has 0 aliphatic carbocycles. The van der Waals surface area contributed by atoms with Gasteiger partial charge in [0, 0.05) is 49.0 Å². The van der Waals surface area contributed by atoms with E-state index in [4.69, 9.17) is 15.0 Å². The van der Waals surface area contributed by atoms with E-state index in [1.807, 2.05) is 31.2 Å². The molecular formula is C63H99NO18S. The average Bonchev–Trinajstić information content (AvgIpc) is 3.41. The molecule has 0 radical (unpaired) electrons. The summed E-state index contributed by atoms with van der Waals surface area (Å²) in [6.07, 6.45) is 32.8. The molecule has 0 rings (SSSR count). The van der Waals surface area contributed by atoms with E-state index in [1.165, 1.54) is 50.3 Å². The Bertz CT molecular complexity index is 2280. The van der Waals surface area contributed by atoms with Crippen molar-refractivity contribution in [2.75, 3.05) is 6.54 Å². The maximum absolute atomic E-state index is 13.1. The smallest absolute Gasteiger partial charge is 0.397 e. The number of hydrogen-bond acceptors (Lipinski definition) is 17. The minimum Gasteiger partial charge on any atom is -0.478 e. The zero-order valence-corrected chi connectivity index (χ0v) is 49.6. The highest BCUT2D eigenvalue weighted by Gasteiger charge is 2.30. The van der Waals surface area contributed by atoms with Crippen molar-refractivity contribution in [3.63, 3.8) is 0 Å². The standard InChI is InChI=1S/C63H99NO18S/c1-46(28-20-16-12-11-13-17-21-29-47(2)63(77)78)62(76)49(4)59(74)37-22-18-14-9-7-5-6-8-10-15-19-23-38-61(82-83(79,80)81)48(3)60(75)45-58(73)44-55(70)35-26-31-51(66)40-50(65)30-24-33-53(68)42-57(72)43-54(69)34-25-32-52(67)41-56(71)36-27-39-64/h5-11,13-15,17-22,24-26,28-30,34-35,37,46,48-59,61-62,65-74,76H,12,16,23,27,31-33,36,38-45,64H2,1-4H3,(H,77,78)(H,79,80,81)/b6-5+,9-7+,10-8+,13-11+,18-14+,19-15+,21-17+,28-20+,30-24+,34-25+,35-26+,37-22+,47-29+. The number of unbranched alkanes of at least 4 members (excludes halogenated alkanes) is 1. The zero-order chi connectivity index (χ0) is 62.6. The van der Waals surface area contributed by atoms with Crippen molar-refractivity contribution in [2.45, 2.75) is 197 Å². The van der Waals surface area contributed by atoms with Crippen LogP contribution in [-0.4, -0.2) is 166 Å². The fourth-order valence-corrected chi connectivity index (χ4v) is 8.67. The summed E-state index contributed by atoms with van der Waals surface area (Å²) >= 11 is 0. The molecule has 15 N–H and O–H groups in total. The second kappa shape index (κ2) is 47.4. The molecule has 83 heavy (non-hydrogen) atoms. The molecule has 0 saturated heterocycles. The van der Waals surface area contributed by atoms with Crippen LogP contribution in [-0.2, 0) is 24.2 Å². The van der Waals surface area contributed by atoms with E-state index >= 15 is 0 Å². The third-order valence-electron chi connectivity index (χ3n) is 13.1. The van der Waals surface area contributed by atoms with E-state index in [0.717, 1.165) is 12.8 Å². The number of ketones is 1. The summed E-state index contributed by atoms with van der Waals surface area (Å²) in [7, 11) is -4.93. The van der Waals surface area contributed by atoms with Crippen LogP contribution in [0.25, 0.3) is 0 Å². The van der Waals surface area contributed by atoms with Crippen LogP contribution >= 0.6 is 0 Å². The Morgan fingerprint density at radius 1 is 0.506 bits per heavy atom. The molecule has 0 aromatic heterocycles. The highest BCUT2D eigenvalue weighted by atomic mass is 32.3. The first kappa shape index (κ1) is 78.1. The summed E-state index contributed by atoms with van der Waals surface area (Å²) in [5.41, 5.74) is 5.68. The number of carbonyl (C=O) groups excluding carboxylic acids is 1. The van der Waals surface area contributed by atoms with Gasteiger partial charge in [-0.2, -0.15) is 8.42 Å². The van der Waals surface area contributed by atoms with Gasteiger partial charge in [0.1, 0.15) is 5.78 Å². The quantitative estimate of drug-likeness (QED) is 0.0107. The number of Topliss-reactive ketones (excluding diaryl/α,β-unsaturated/α-hetero) is 1. The number of carbonyl (C=O) groups is 2. The van der Waals surface area contributed by atoms with E-state index < -0.39 is 114 Å². The van der Waals surface area contributed by atoms with Gasteiger partial charge in [-0.3, -0.25) is 9.35 Å². The fraction of sp³-hybridized carbons (Fsp3) is 0.556. The van der Waals surface area contributed by atoms with Gasteiger partial charge in [-0.25, -0.2) is 8.98 Å². The maximum atomic E-state index is 13.1. The summed E-state index contributed by atoms with van der Waals surface area (Å²) in [4.78, 5) is 23.9. The number of nitrogens with two attached hydrogens (primary N) is 1. The fourth-order valence-electron chi connectivity index (χ4n) is 8.09. The minimum atomic E-state index is -4.93. The average molecular weight is 1190 g/mol. The Labute approximate surface area is 493 Å². The molecule has 0 aromatic carbocycles. The van der Waals surface area contributed by atoms with Gasteiger partial charge in [0.05, 0.1) is 73.2 Å². The first-order chi connectivity index (χ1) is 39.3. The second-order valence-electron chi connectivity index (χ2n) is 20.9. The van der Waals surface area contributed by atoms with Crippen molar-refractivity contribution >= 4 is 22.2 Å². The van der Waals surface area contributed by atoms with Crippen LogP contribution < -0.4 is 5.73 Å². The van der Waals surface area contributed by atoms with Gasteiger partial charge in [0.25, 0.3) is 0 Å². The summed E-state index contributed by atoms with van der Waals surface area (Å²) in [6.45, 7) is 7.05. The number of rotatable bonds is 47. The number of aliphatic hydroxyl groups is 11. The normalized spacial score (nSPS) is 19.2. The molecule has 0 spiro atoms. The van der Waals surface area contributed by atoms with Crippen molar-refractivity contribution < 1.29 is 88.0 Å². The predicted octanol–water partition coefficient (Wildman–Crippen LogP) is 6.14. The first-order valence-corrected chi connectivity index (χ1v) is 29.9. The number of hydrogen-bond donors (Lipinski definition) is 14. The molecular weight excluding hydrogens is 1090 g/mol. The van der Waals surface area contributed by atoms with Gasteiger partial charge < -0.3 is 67.0 Å². The number of carboxylic acids is 1. The molecule has 20 heteroatoms. The van der Waals surface area contributed by atoms with Crippen molar-refractivity contribution in [2.24, 2.45) is 23.5 Å². The molecule has 0 amide bonds. The van der Waals surface area contributed by atoms with Crippen molar-refractivity contribution in [1.82, 2.24) is 0 Å². The Morgan fingerprint density at radius 3 is 1.47 bits per heavy atom.